The number of rotatable bonds is 8. The molecule has 0 amide bonds. The number of methoxy groups -OCH3 is 1. The second-order valence-electron chi connectivity index (χ2n) is 7.95. The topological polar surface area (TPSA) is 56.0 Å². The van der Waals surface area contributed by atoms with Crippen LogP contribution in [-0.4, -0.2) is 62.6 Å². The number of para-hydroxylation sites is 3. The summed E-state index contributed by atoms with van der Waals surface area (Å²) in [6.45, 7) is 4.35. The van der Waals surface area contributed by atoms with Crippen molar-refractivity contribution in [1.29, 1.82) is 0 Å². The molecule has 6 heteroatoms. The van der Waals surface area contributed by atoms with Crippen LogP contribution in [0.2, 0.25) is 0 Å². The summed E-state index contributed by atoms with van der Waals surface area (Å²) < 4.78 is 23.5. The van der Waals surface area contributed by atoms with E-state index in [1.54, 1.807) is 7.11 Å². The van der Waals surface area contributed by atoms with Crippen LogP contribution in [0.5, 0.6) is 17.2 Å². The maximum absolute atomic E-state index is 6.26. The molecule has 1 aliphatic rings. The Morgan fingerprint density at radius 2 is 1.69 bits per heavy atom. The molecule has 6 nitrogen and oxygen atoms in total. The lowest BCUT2D eigenvalue weighted by Crippen LogP contribution is -2.46. The van der Waals surface area contributed by atoms with Gasteiger partial charge in [0.25, 0.3) is 0 Å². The Morgan fingerprint density at radius 3 is 2.59 bits per heavy atom. The first-order valence-corrected chi connectivity index (χ1v) is 11.0. The van der Waals surface area contributed by atoms with E-state index >= 15 is 0 Å². The van der Waals surface area contributed by atoms with Crippen LogP contribution in [0.1, 0.15) is 0 Å². The molecule has 32 heavy (non-hydrogen) atoms. The summed E-state index contributed by atoms with van der Waals surface area (Å²) in [6.07, 6.45) is 0.0236. The normalized spacial score (nSPS) is 17.0. The van der Waals surface area contributed by atoms with Crippen LogP contribution in [0.3, 0.4) is 0 Å². The Hall–Kier alpha value is -3.22. The number of fused-ring (bicyclic) bond motifs is 3. The molecule has 1 aliphatic heterocycles. The number of nitrogens with zero attached hydrogens (tertiary/aromatic N) is 1. The third kappa shape index (κ3) is 4.38. The van der Waals surface area contributed by atoms with Crippen LogP contribution in [0.25, 0.3) is 21.8 Å². The standard InChI is InChI=1S/C26H28N2O4/c1-29-23-10-4-5-11-24(23)31-16-14-28-13-15-30-19(17-28)18-32-25-12-6-9-22-26(25)20-7-2-3-8-21(20)27-22/h2-12,19,27H,13-18H2,1H3. The average Bonchev–Trinajstić information content (AvgIpc) is 3.23. The molecule has 0 aliphatic carbocycles. The van der Waals surface area contributed by atoms with Gasteiger partial charge in [0.05, 0.1) is 19.2 Å². The summed E-state index contributed by atoms with van der Waals surface area (Å²) in [4.78, 5) is 5.83. The number of hydrogen-bond donors (Lipinski definition) is 1. The number of aromatic nitrogens is 1. The van der Waals surface area contributed by atoms with Gasteiger partial charge in [-0.3, -0.25) is 4.90 Å². The van der Waals surface area contributed by atoms with Gasteiger partial charge in [-0.05, 0) is 30.3 Å². The highest BCUT2D eigenvalue weighted by atomic mass is 16.5. The largest absolute Gasteiger partial charge is 0.493 e. The van der Waals surface area contributed by atoms with Gasteiger partial charge in [-0.1, -0.05) is 36.4 Å². The van der Waals surface area contributed by atoms with E-state index in [0.29, 0.717) is 19.8 Å². The summed E-state index contributed by atoms with van der Waals surface area (Å²) in [5.74, 6) is 2.42. The number of nitrogens with one attached hydrogen (secondary N) is 1. The third-order valence-corrected chi connectivity index (χ3v) is 5.87. The molecule has 166 valence electrons. The first-order valence-electron chi connectivity index (χ1n) is 11.0. The van der Waals surface area contributed by atoms with Crippen molar-refractivity contribution in [1.82, 2.24) is 9.88 Å². The van der Waals surface area contributed by atoms with Crippen molar-refractivity contribution in [2.24, 2.45) is 0 Å². The molecule has 1 atom stereocenters. The van der Waals surface area contributed by atoms with Gasteiger partial charge in [0, 0.05) is 35.9 Å². The van der Waals surface area contributed by atoms with Gasteiger partial charge >= 0.3 is 0 Å². The lowest BCUT2D eigenvalue weighted by atomic mass is 10.1. The summed E-state index contributed by atoms with van der Waals surface area (Å²) in [7, 11) is 1.66. The minimum absolute atomic E-state index is 0.0236. The highest BCUT2D eigenvalue weighted by molar-refractivity contribution is 6.10. The maximum atomic E-state index is 6.26. The Bertz CT molecular complexity index is 1190. The number of H-pyrrole nitrogens is 1. The molecule has 1 aromatic heterocycles. The van der Waals surface area contributed by atoms with Crippen molar-refractivity contribution < 1.29 is 18.9 Å². The van der Waals surface area contributed by atoms with Crippen LogP contribution >= 0.6 is 0 Å². The Balaban J connectivity index is 1.18. The molecule has 1 saturated heterocycles. The smallest absolute Gasteiger partial charge is 0.161 e. The predicted octanol–water partition coefficient (Wildman–Crippen LogP) is 4.49. The van der Waals surface area contributed by atoms with E-state index in [1.807, 2.05) is 42.5 Å². The molecule has 1 N–H and O–H groups in total. The fourth-order valence-corrected chi connectivity index (χ4v) is 4.28. The van der Waals surface area contributed by atoms with Gasteiger partial charge < -0.3 is 23.9 Å². The van der Waals surface area contributed by atoms with Gasteiger partial charge in [0.15, 0.2) is 11.5 Å². The number of ether oxygens (including phenoxy) is 4. The summed E-state index contributed by atoms with van der Waals surface area (Å²) in [6, 6.07) is 22.2. The molecule has 1 fully saturated rings. The minimum Gasteiger partial charge on any atom is -0.493 e. The SMILES string of the molecule is COc1ccccc1OCCN1CCOC(COc2cccc3[nH]c4ccccc4c23)C1. The summed E-state index contributed by atoms with van der Waals surface area (Å²) in [5, 5.41) is 2.30. The molecule has 4 aromatic rings. The quantitative estimate of drug-likeness (QED) is 0.445. The van der Waals surface area contributed by atoms with E-state index < -0.39 is 0 Å². The lowest BCUT2D eigenvalue weighted by molar-refractivity contribution is -0.0499. The van der Waals surface area contributed by atoms with E-state index in [-0.39, 0.29) is 6.10 Å². The average molecular weight is 433 g/mol. The monoisotopic (exact) mass is 432 g/mol. The molecule has 0 spiro atoms. The molecule has 3 aromatic carbocycles. The Morgan fingerprint density at radius 1 is 0.906 bits per heavy atom. The van der Waals surface area contributed by atoms with Gasteiger partial charge in [-0.15, -0.1) is 0 Å². The fraction of sp³-hybridized carbons (Fsp3) is 0.308. The van der Waals surface area contributed by atoms with Crippen molar-refractivity contribution in [3.05, 3.63) is 66.7 Å². The molecule has 0 saturated carbocycles. The number of morpholine rings is 1. The molecule has 5 rings (SSSR count). The van der Waals surface area contributed by atoms with Gasteiger partial charge in [-0.2, -0.15) is 0 Å². The number of benzene rings is 3. The Kier molecular flexibility index (Phi) is 6.14. The van der Waals surface area contributed by atoms with Crippen molar-refractivity contribution in [3.8, 4) is 17.2 Å². The van der Waals surface area contributed by atoms with Crippen LogP contribution in [0.4, 0.5) is 0 Å². The fourth-order valence-electron chi connectivity index (χ4n) is 4.28. The van der Waals surface area contributed by atoms with E-state index in [4.69, 9.17) is 18.9 Å². The summed E-state index contributed by atoms with van der Waals surface area (Å²) >= 11 is 0. The number of aromatic amines is 1. The minimum atomic E-state index is 0.0236. The van der Waals surface area contributed by atoms with E-state index in [1.165, 1.54) is 5.39 Å². The van der Waals surface area contributed by atoms with Crippen LogP contribution in [0.15, 0.2) is 66.7 Å². The van der Waals surface area contributed by atoms with Crippen LogP contribution in [0, 0.1) is 0 Å². The zero-order valence-electron chi connectivity index (χ0n) is 18.3. The van der Waals surface area contributed by atoms with Gasteiger partial charge in [0.1, 0.15) is 25.1 Å². The number of hydrogen-bond acceptors (Lipinski definition) is 5. The molecular weight excluding hydrogens is 404 g/mol. The first kappa shape index (κ1) is 20.7. The van der Waals surface area contributed by atoms with Gasteiger partial charge in [-0.25, -0.2) is 0 Å². The van der Waals surface area contributed by atoms with Crippen molar-refractivity contribution >= 4 is 21.8 Å². The molecule has 0 bridgehead atoms. The second-order valence-corrected chi connectivity index (χ2v) is 7.95. The highest BCUT2D eigenvalue weighted by Gasteiger charge is 2.22. The van der Waals surface area contributed by atoms with Crippen molar-refractivity contribution in [2.75, 3.05) is 46.6 Å². The Labute approximate surface area is 187 Å². The molecule has 1 unspecified atom stereocenters. The zero-order chi connectivity index (χ0) is 21.8. The molecule has 2 heterocycles. The lowest BCUT2D eigenvalue weighted by Gasteiger charge is -2.32. The van der Waals surface area contributed by atoms with E-state index in [2.05, 4.69) is 34.1 Å². The predicted molar refractivity (Wildman–Crippen MR) is 126 cm³/mol. The van der Waals surface area contributed by atoms with E-state index in [0.717, 1.165) is 53.3 Å². The highest BCUT2D eigenvalue weighted by Crippen LogP contribution is 2.33. The summed E-state index contributed by atoms with van der Waals surface area (Å²) in [5.41, 5.74) is 2.21. The van der Waals surface area contributed by atoms with E-state index in [9.17, 15) is 0 Å². The second kappa shape index (κ2) is 9.51. The van der Waals surface area contributed by atoms with Crippen molar-refractivity contribution in [2.45, 2.75) is 6.10 Å². The molecular formula is C26H28N2O4. The van der Waals surface area contributed by atoms with Gasteiger partial charge in [0.2, 0.25) is 0 Å². The van der Waals surface area contributed by atoms with Crippen LogP contribution < -0.4 is 14.2 Å². The van der Waals surface area contributed by atoms with Crippen LogP contribution in [-0.2, 0) is 4.74 Å². The zero-order valence-corrected chi connectivity index (χ0v) is 18.3. The molecule has 0 radical (unpaired) electrons. The first-order chi connectivity index (χ1) is 15.8. The maximum Gasteiger partial charge on any atom is 0.161 e. The van der Waals surface area contributed by atoms with Crippen molar-refractivity contribution in [3.63, 3.8) is 0 Å². The third-order valence-electron chi connectivity index (χ3n) is 5.87.